The Bertz CT molecular complexity index is 548. The summed E-state index contributed by atoms with van der Waals surface area (Å²) in [6.07, 6.45) is 1.62. The van der Waals surface area contributed by atoms with Crippen LogP contribution in [0.2, 0.25) is 0 Å². The summed E-state index contributed by atoms with van der Waals surface area (Å²) in [6, 6.07) is 0. The number of ketones is 1. The summed E-state index contributed by atoms with van der Waals surface area (Å²) in [7, 11) is 0. The van der Waals surface area contributed by atoms with Gasteiger partial charge < -0.3 is 5.73 Å². The normalized spacial score (nSPS) is 10.8. The minimum Gasteiger partial charge on any atom is -0.325 e. The molecule has 0 aliphatic heterocycles. The van der Waals surface area contributed by atoms with Crippen molar-refractivity contribution in [3.05, 3.63) is 32.4 Å². The van der Waals surface area contributed by atoms with E-state index in [0.29, 0.717) is 29.0 Å². The molecule has 2 rings (SSSR count). The third-order valence-electron chi connectivity index (χ3n) is 2.27. The molecule has 7 heteroatoms. The zero-order valence-corrected chi connectivity index (χ0v) is 11.6. The zero-order chi connectivity index (χ0) is 12.4. The first-order valence-corrected chi connectivity index (χ1v) is 6.75. The second-order valence-corrected chi connectivity index (χ2v) is 5.11. The first-order chi connectivity index (χ1) is 8.17. The van der Waals surface area contributed by atoms with Gasteiger partial charge in [-0.1, -0.05) is 0 Å². The minimum atomic E-state index is -0.132. The summed E-state index contributed by atoms with van der Waals surface area (Å²) in [5, 5.41) is 6.59. The molecule has 0 spiro atoms. The number of rotatable bonds is 4. The van der Waals surface area contributed by atoms with E-state index in [1.807, 2.05) is 6.92 Å². The molecule has 0 saturated heterocycles. The average Bonchev–Trinajstić information content (AvgIpc) is 2.94. The maximum Gasteiger partial charge on any atom is 0.231 e. The number of carbonyl (C=O) groups excluding carboxylic acids is 1. The van der Waals surface area contributed by atoms with E-state index in [1.165, 1.54) is 11.3 Å². The first kappa shape index (κ1) is 12.4. The molecular formula is C10H11BrN4OS. The van der Waals surface area contributed by atoms with Gasteiger partial charge in [-0.15, -0.1) is 11.3 Å². The summed E-state index contributed by atoms with van der Waals surface area (Å²) in [4.78, 5) is 16.4. The van der Waals surface area contributed by atoms with Crippen LogP contribution in [0.5, 0.6) is 0 Å². The van der Waals surface area contributed by atoms with Gasteiger partial charge in [0.1, 0.15) is 16.4 Å². The predicted octanol–water partition coefficient (Wildman–Crippen LogP) is 1.81. The van der Waals surface area contributed by atoms with Crippen LogP contribution in [0.25, 0.3) is 0 Å². The molecule has 0 bridgehead atoms. The molecule has 90 valence electrons. The highest BCUT2D eigenvalue weighted by Gasteiger charge is 2.20. The number of carbonyl (C=O) groups is 1. The van der Waals surface area contributed by atoms with Gasteiger partial charge in [0.05, 0.1) is 10.7 Å². The number of hydrogen-bond donors (Lipinski definition) is 1. The molecule has 2 N–H and O–H groups in total. The van der Waals surface area contributed by atoms with Gasteiger partial charge >= 0.3 is 0 Å². The number of nitrogens with zero attached hydrogens (tertiary/aromatic N) is 3. The predicted molar refractivity (Wildman–Crippen MR) is 69.0 cm³/mol. The summed E-state index contributed by atoms with van der Waals surface area (Å²) in [5.74, 6) is -0.132. The maximum absolute atomic E-state index is 12.2. The van der Waals surface area contributed by atoms with Crippen LogP contribution in [0.15, 0.2) is 16.0 Å². The van der Waals surface area contributed by atoms with Gasteiger partial charge in [0.15, 0.2) is 0 Å². The summed E-state index contributed by atoms with van der Waals surface area (Å²) in [5.41, 5.74) is 6.43. The molecule has 0 amide bonds. The SMILES string of the molecule is CCn1ncc(Br)c1C(=O)c1csc(CN)n1. The van der Waals surface area contributed by atoms with Gasteiger partial charge in [0, 0.05) is 18.5 Å². The Kier molecular flexibility index (Phi) is 3.70. The Morgan fingerprint density at radius 2 is 2.41 bits per heavy atom. The summed E-state index contributed by atoms with van der Waals surface area (Å²) in [6.45, 7) is 2.93. The van der Waals surface area contributed by atoms with Crippen molar-refractivity contribution >= 4 is 33.0 Å². The van der Waals surface area contributed by atoms with Crippen LogP contribution in [0.3, 0.4) is 0 Å². The summed E-state index contributed by atoms with van der Waals surface area (Å²) < 4.78 is 2.33. The van der Waals surface area contributed by atoms with Crippen LogP contribution in [0.1, 0.15) is 28.1 Å². The van der Waals surface area contributed by atoms with E-state index in [1.54, 1.807) is 16.3 Å². The molecule has 0 fully saturated rings. The Morgan fingerprint density at radius 3 is 3.00 bits per heavy atom. The molecule has 0 unspecified atom stereocenters. The molecule has 0 aliphatic rings. The lowest BCUT2D eigenvalue weighted by molar-refractivity contribution is 0.102. The molecule has 2 aromatic heterocycles. The topological polar surface area (TPSA) is 73.8 Å². The number of thiazole rings is 1. The fourth-order valence-electron chi connectivity index (χ4n) is 1.46. The van der Waals surface area contributed by atoms with Gasteiger partial charge in [-0.05, 0) is 22.9 Å². The second-order valence-electron chi connectivity index (χ2n) is 3.32. The van der Waals surface area contributed by atoms with E-state index in [4.69, 9.17) is 5.73 Å². The standard InChI is InChI=1S/C10H11BrN4OS/c1-2-15-9(6(11)4-13-15)10(16)7-5-17-8(3-12)14-7/h4-5H,2-3,12H2,1H3. The van der Waals surface area contributed by atoms with E-state index in [0.717, 1.165) is 5.01 Å². The Labute approximate surface area is 111 Å². The minimum absolute atomic E-state index is 0.132. The van der Waals surface area contributed by atoms with Crippen molar-refractivity contribution in [2.75, 3.05) is 0 Å². The van der Waals surface area contributed by atoms with Crippen molar-refractivity contribution in [2.24, 2.45) is 5.73 Å². The van der Waals surface area contributed by atoms with Crippen molar-refractivity contribution in [3.63, 3.8) is 0 Å². The maximum atomic E-state index is 12.2. The Morgan fingerprint density at radius 1 is 1.65 bits per heavy atom. The first-order valence-electron chi connectivity index (χ1n) is 5.07. The number of hydrogen-bond acceptors (Lipinski definition) is 5. The highest BCUT2D eigenvalue weighted by atomic mass is 79.9. The quantitative estimate of drug-likeness (QED) is 0.873. The summed E-state index contributed by atoms with van der Waals surface area (Å²) >= 11 is 4.72. The number of halogens is 1. The molecule has 2 aromatic rings. The van der Waals surface area contributed by atoms with Gasteiger partial charge in [-0.25, -0.2) is 4.98 Å². The van der Waals surface area contributed by atoms with Crippen molar-refractivity contribution in [3.8, 4) is 0 Å². The molecule has 0 aromatic carbocycles. The molecule has 17 heavy (non-hydrogen) atoms. The van der Waals surface area contributed by atoms with Crippen molar-refractivity contribution in [1.82, 2.24) is 14.8 Å². The molecular weight excluding hydrogens is 304 g/mol. The number of aromatic nitrogens is 3. The molecule has 2 heterocycles. The van der Waals surface area contributed by atoms with E-state index in [9.17, 15) is 4.79 Å². The van der Waals surface area contributed by atoms with Crippen LogP contribution < -0.4 is 5.73 Å². The lowest BCUT2D eigenvalue weighted by atomic mass is 10.2. The molecule has 5 nitrogen and oxygen atoms in total. The second kappa shape index (κ2) is 5.07. The van der Waals surface area contributed by atoms with Crippen LogP contribution in [0, 0.1) is 0 Å². The van der Waals surface area contributed by atoms with Crippen molar-refractivity contribution in [1.29, 1.82) is 0 Å². The van der Waals surface area contributed by atoms with Crippen LogP contribution in [-0.4, -0.2) is 20.5 Å². The lowest BCUT2D eigenvalue weighted by Gasteiger charge is -2.02. The van der Waals surface area contributed by atoms with Crippen LogP contribution >= 0.6 is 27.3 Å². The lowest BCUT2D eigenvalue weighted by Crippen LogP contribution is -2.11. The molecule has 0 saturated carbocycles. The van der Waals surface area contributed by atoms with E-state index < -0.39 is 0 Å². The van der Waals surface area contributed by atoms with Gasteiger partial charge in [-0.2, -0.15) is 5.10 Å². The van der Waals surface area contributed by atoms with Gasteiger partial charge in [0.2, 0.25) is 5.78 Å². The monoisotopic (exact) mass is 314 g/mol. The van der Waals surface area contributed by atoms with Crippen LogP contribution in [-0.2, 0) is 13.1 Å². The third kappa shape index (κ3) is 2.31. The fraction of sp³-hybridized carbons (Fsp3) is 0.300. The number of nitrogens with two attached hydrogens (primary N) is 1. The van der Waals surface area contributed by atoms with E-state index in [2.05, 4.69) is 26.0 Å². The average molecular weight is 315 g/mol. The Balaban J connectivity index is 2.39. The third-order valence-corrected chi connectivity index (χ3v) is 3.72. The molecule has 0 atom stereocenters. The highest BCUT2D eigenvalue weighted by Crippen LogP contribution is 2.20. The molecule has 0 radical (unpaired) electrons. The zero-order valence-electron chi connectivity index (χ0n) is 9.18. The van der Waals surface area contributed by atoms with E-state index in [-0.39, 0.29) is 5.78 Å². The largest absolute Gasteiger partial charge is 0.325 e. The Hall–Kier alpha value is -1.05. The van der Waals surface area contributed by atoms with Gasteiger partial charge in [0.25, 0.3) is 0 Å². The van der Waals surface area contributed by atoms with Gasteiger partial charge in [-0.3, -0.25) is 9.48 Å². The van der Waals surface area contributed by atoms with E-state index >= 15 is 0 Å². The smallest absolute Gasteiger partial charge is 0.231 e. The van der Waals surface area contributed by atoms with Crippen molar-refractivity contribution in [2.45, 2.75) is 20.0 Å². The van der Waals surface area contributed by atoms with Crippen molar-refractivity contribution < 1.29 is 4.79 Å². The fourth-order valence-corrected chi connectivity index (χ4v) is 2.59. The molecule has 0 aliphatic carbocycles. The highest BCUT2D eigenvalue weighted by molar-refractivity contribution is 9.10. The number of aryl methyl sites for hydroxylation is 1. The van der Waals surface area contributed by atoms with Crippen LogP contribution in [0.4, 0.5) is 0 Å².